The first kappa shape index (κ1) is 12.4. The van der Waals surface area contributed by atoms with Gasteiger partial charge in [0.05, 0.1) is 4.92 Å². The van der Waals surface area contributed by atoms with Gasteiger partial charge in [-0.2, -0.15) is 0 Å². The van der Waals surface area contributed by atoms with E-state index in [4.69, 9.17) is 0 Å². The van der Waals surface area contributed by atoms with Crippen LogP contribution in [-0.2, 0) is 6.54 Å². The first-order chi connectivity index (χ1) is 9.22. The summed E-state index contributed by atoms with van der Waals surface area (Å²) in [5.74, 6) is 2.36. The Bertz CT molecular complexity index is 495. The number of hydrogen-bond acceptors (Lipinski definition) is 3. The second-order valence-electron chi connectivity index (χ2n) is 5.59. The van der Waals surface area contributed by atoms with Crippen LogP contribution in [0.1, 0.15) is 18.4 Å². The maximum absolute atomic E-state index is 10.6. The lowest BCUT2D eigenvalue weighted by atomic mass is 9.93. The normalized spacial score (nSPS) is 27.9. The zero-order chi connectivity index (χ0) is 13.2. The van der Waals surface area contributed by atoms with Crippen molar-refractivity contribution in [2.75, 3.05) is 6.54 Å². The van der Waals surface area contributed by atoms with Gasteiger partial charge in [-0.05, 0) is 42.7 Å². The molecule has 0 aromatic heterocycles. The molecule has 2 aliphatic rings. The van der Waals surface area contributed by atoms with Crippen molar-refractivity contribution < 1.29 is 4.92 Å². The van der Waals surface area contributed by atoms with Crippen molar-refractivity contribution >= 4 is 5.69 Å². The molecule has 0 radical (unpaired) electrons. The van der Waals surface area contributed by atoms with Gasteiger partial charge in [-0.1, -0.05) is 24.3 Å². The van der Waals surface area contributed by atoms with E-state index in [0.717, 1.165) is 36.4 Å². The number of non-ortho nitro benzene ring substituents is 1. The van der Waals surface area contributed by atoms with Crippen LogP contribution in [0.15, 0.2) is 36.4 Å². The fourth-order valence-corrected chi connectivity index (χ4v) is 3.27. The monoisotopic (exact) mass is 258 g/mol. The van der Waals surface area contributed by atoms with E-state index in [0.29, 0.717) is 0 Å². The summed E-state index contributed by atoms with van der Waals surface area (Å²) in [7, 11) is 0. The number of nitro benzene ring substituents is 1. The largest absolute Gasteiger partial charge is 0.312 e. The summed E-state index contributed by atoms with van der Waals surface area (Å²) < 4.78 is 0. The predicted octanol–water partition coefficient (Wildman–Crippen LogP) is 2.90. The molecule has 1 aromatic rings. The van der Waals surface area contributed by atoms with Crippen molar-refractivity contribution in [3.8, 4) is 0 Å². The van der Waals surface area contributed by atoms with Crippen LogP contribution in [0.3, 0.4) is 0 Å². The summed E-state index contributed by atoms with van der Waals surface area (Å²) in [6.45, 7) is 1.83. The number of nitrogens with zero attached hydrogens (tertiary/aromatic N) is 1. The number of nitro groups is 1. The quantitative estimate of drug-likeness (QED) is 0.502. The smallest absolute Gasteiger partial charge is 0.269 e. The maximum atomic E-state index is 10.6. The van der Waals surface area contributed by atoms with Crippen molar-refractivity contribution in [1.82, 2.24) is 5.32 Å². The van der Waals surface area contributed by atoms with E-state index in [1.165, 1.54) is 12.8 Å². The molecule has 0 heterocycles. The van der Waals surface area contributed by atoms with Crippen LogP contribution in [0.2, 0.25) is 0 Å². The molecule has 19 heavy (non-hydrogen) atoms. The van der Waals surface area contributed by atoms with Crippen molar-refractivity contribution in [2.24, 2.45) is 17.8 Å². The highest BCUT2D eigenvalue weighted by Crippen LogP contribution is 2.42. The minimum Gasteiger partial charge on any atom is -0.312 e. The van der Waals surface area contributed by atoms with E-state index >= 15 is 0 Å². The molecule has 0 spiro atoms. The van der Waals surface area contributed by atoms with Gasteiger partial charge in [-0.15, -0.1) is 0 Å². The second-order valence-corrected chi connectivity index (χ2v) is 5.59. The SMILES string of the molecule is O=[N+]([O-])c1ccc(CNCC2CC3C=CC2C3)cc1. The first-order valence-electron chi connectivity index (χ1n) is 6.85. The summed E-state index contributed by atoms with van der Waals surface area (Å²) >= 11 is 0. The van der Waals surface area contributed by atoms with Crippen LogP contribution in [0, 0.1) is 27.9 Å². The zero-order valence-corrected chi connectivity index (χ0v) is 10.8. The third kappa shape index (κ3) is 2.68. The summed E-state index contributed by atoms with van der Waals surface area (Å²) in [5.41, 5.74) is 1.26. The van der Waals surface area contributed by atoms with Crippen molar-refractivity contribution in [3.63, 3.8) is 0 Å². The van der Waals surface area contributed by atoms with Crippen molar-refractivity contribution in [3.05, 3.63) is 52.1 Å². The van der Waals surface area contributed by atoms with Crippen LogP contribution in [-0.4, -0.2) is 11.5 Å². The number of nitrogens with one attached hydrogen (secondary N) is 1. The Morgan fingerprint density at radius 2 is 2.00 bits per heavy atom. The molecule has 0 aliphatic heterocycles. The van der Waals surface area contributed by atoms with Crippen LogP contribution in [0.4, 0.5) is 5.69 Å². The van der Waals surface area contributed by atoms with Crippen LogP contribution >= 0.6 is 0 Å². The topological polar surface area (TPSA) is 55.2 Å². The standard InChI is InChI=1S/C15H18N2O2/c18-17(19)15-5-2-11(3-6-15)9-16-10-14-8-12-1-4-13(14)7-12/h1-6,12-14,16H,7-10H2. The summed E-state index contributed by atoms with van der Waals surface area (Å²) in [6.07, 6.45) is 7.38. The van der Waals surface area contributed by atoms with E-state index in [1.54, 1.807) is 12.1 Å². The molecule has 2 bridgehead atoms. The predicted molar refractivity (Wildman–Crippen MR) is 73.6 cm³/mol. The minimum absolute atomic E-state index is 0.155. The molecule has 3 atom stereocenters. The average molecular weight is 258 g/mol. The van der Waals surface area contributed by atoms with Gasteiger partial charge in [-0.25, -0.2) is 0 Å². The zero-order valence-electron chi connectivity index (χ0n) is 10.8. The van der Waals surface area contributed by atoms with Gasteiger partial charge in [0, 0.05) is 18.7 Å². The van der Waals surface area contributed by atoms with Gasteiger partial charge in [-0.3, -0.25) is 10.1 Å². The summed E-state index contributed by atoms with van der Waals surface area (Å²) in [4.78, 5) is 10.2. The fraction of sp³-hybridized carbons (Fsp3) is 0.467. The Kier molecular flexibility index (Phi) is 3.34. The van der Waals surface area contributed by atoms with Crippen LogP contribution < -0.4 is 5.32 Å². The van der Waals surface area contributed by atoms with Gasteiger partial charge < -0.3 is 5.32 Å². The summed E-state index contributed by atoms with van der Waals surface area (Å²) in [6, 6.07) is 6.78. The first-order valence-corrected chi connectivity index (χ1v) is 6.85. The summed E-state index contributed by atoms with van der Waals surface area (Å²) in [5, 5.41) is 14.0. The Labute approximate surface area is 112 Å². The highest BCUT2D eigenvalue weighted by atomic mass is 16.6. The Morgan fingerprint density at radius 3 is 2.58 bits per heavy atom. The highest BCUT2D eigenvalue weighted by molar-refractivity contribution is 5.32. The lowest BCUT2D eigenvalue weighted by molar-refractivity contribution is -0.384. The number of rotatable bonds is 5. The maximum Gasteiger partial charge on any atom is 0.269 e. The molecule has 3 rings (SSSR count). The lowest BCUT2D eigenvalue weighted by Crippen LogP contribution is -2.25. The third-order valence-electron chi connectivity index (χ3n) is 4.30. The molecular weight excluding hydrogens is 240 g/mol. The number of hydrogen-bond donors (Lipinski definition) is 1. The fourth-order valence-electron chi connectivity index (χ4n) is 3.27. The van der Waals surface area contributed by atoms with E-state index in [2.05, 4.69) is 17.5 Å². The Balaban J connectivity index is 1.47. The molecule has 1 aromatic carbocycles. The molecule has 0 saturated heterocycles. The highest BCUT2D eigenvalue weighted by Gasteiger charge is 2.34. The van der Waals surface area contributed by atoms with Crippen LogP contribution in [0.25, 0.3) is 0 Å². The number of allylic oxidation sites excluding steroid dienone is 2. The molecular formula is C15H18N2O2. The minimum atomic E-state index is -0.362. The number of fused-ring (bicyclic) bond motifs is 2. The Morgan fingerprint density at radius 1 is 1.21 bits per heavy atom. The van der Waals surface area contributed by atoms with E-state index in [-0.39, 0.29) is 10.6 Å². The molecule has 0 amide bonds. The van der Waals surface area contributed by atoms with E-state index < -0.39 is 0 Å². The molecule has 4 nitrogen and oxygen atoms in total. The molecule has 1 N–H and O–H groups in total. The molecule has 100 valence electrons. The Hall–Kier alpha value is -1.68. The third-order valence-corrected chi connectivity index (χ3v) is 4.30. The van der Waals surface area contributed by atoms with Gasteiger partial charge in [0.1, 0.15) is 0 Å². The number of benzene rings is 1. The van der Waals surface area contributed by atoms with Gasteiger partial charge in [0.25, 0.3) is 5.69 Å². The molecule has 2 aliphatic carbocycles. The molecule has 1 saturated carbocycles. The molecule has 4 heteroatoms. The van der Waals surface area contributed by atoms with Crippen molar-refractivity contribution in [2.45, 2.75) is 19.4 Å². The van der Waals surface area contributed by atoms with E-state index in [9.17, 15) is 10.1 Å². The average Bonchev–Trinajstić information content (AvgIpc) is 3.02. The lowest BCUT2D eigenvalue weighted by Gasteiger charge is -2.18. The molecule has 3 unspecified atom stereocenters. The van der Waals surface area contributed by atoms with E-state index in [1.807, 2.05) is 12.1 Å². The van der Waals surface area contributed by atoms with Gasteiger partial charge >= 0.3 is 0 Å². The van der Waals surface area contributed by atoms with Crippen LogP contribution in [0.5, 0.6) is 0 Å². The molecule has 1 fully saturated rings. The van der Waals surface area contributed by atoms with Crippen molar-refractivity contribution in [1.29, 1.82) is 0 Å². The van der Waals surface area contributed by atoms with Gasteiger partial charge in [0.2, 0.25) is 0 Å². The second kappa shape index (κ2) is 5.13. The van der Waals surface area contributed by atoms with Gasteiger partial charge in [0.15, 0.2) is 0 Å².